The summed E-state index contributed by atoms with van der Waals surface area (Å²) < 4.78 is 47.7. The van der Waals surface area contributed by atoms with E-state index in [1.54, 1.807) is 12.3 Å². The highest BCUT2D eigenvalue weighted by molar-refractivity contribution is 7.89. The van der Waals surface area contributed by atoms with Gasteiger partial charge in [0.2, 0.25) is 15.9 Å². The maximum atomic E-state index is 13.6. The molecule has 0 aromatic carbocycles. The summed E-state index contributed by atoms with van der Waals surface area (Å²) in [6.45, 7) is 17.0. The molecule has 2 aliphatic rings. The Morgan fingerprint density at radius 2 is 1.78 bits per heavy atom. The molecule has 41 heavy (non-hydrogen) atoms. The first-order valence-electron chi connectivity index (χ1n) is 14.8. The van der Waals surface area contributed by atoms with Gasteiger partial charge in [-0.25, -0.2) is 23.1 Å². The van der Waals surface area contributed by atoms with Crippen molar-refractivity contribution in [3.8, 4) is 16.3 Å². The van der Waals surface area contributed by atoms with Crippen LogP contribution in [0, 0.1) is 12.8 Å². The minimum absolute atomic E-state index is 0.0510. The fourth-order valence-electron chi connectivity index (χ4n) is 5.33. The summed E-state index contributed by atoms with van der Waals surface area (Å²) in [6.07, 6.45) is 7.08. The average Bonchev–Trinajstić information content (AvgIpc) is 3.28. The van der Waals surface area contributed by atoms with Crippen LogP contribution in [-0.4, -0.2) is 65.2 Å². The molecule has 1 unspecified atom stereocenters. The number of aryl methyl sites for hydroxylation is 1. The molecule has 2 fully saturated rings. The predicted molar refractivity (Wildman–Crippen MR) is 168 cm³/mol. The van der Waals surface area contributed by atoms with Gasteiger partial charge in [0.05, 0.1) is 17.7 Å². The van der Waals surface area contributed by atoms with E-state index in [9.17, 15) is 8.42 Å². The summed E-state index contributed by atoms with van der Waals surface area (Å²) in [7, 11) is -4.28. The van der Waals surface area contributed by atoms with Gasteiger partial charge in [-0.1, -0.05) is 32.1 Å². The number of aromatic nitrogens is 2. The van der Waals surface area contributed by atoms with E-state index in [0.717, 1.165) is 67.4 Å². The summed E-state index contributed by atoms with van der Waals surface area (Å²) in [5.41, 5.74) is 1.54. The molecule has 3 heterocycles. The van der Waals surface area contributed by atoms with E-state index in [2.05, 4.69) is 55.8 Å². The third-order valence-electron chi connectivity index (χ3n) is 8.95. The Morgan fingerprint density at radius 1 is 1.12 bits per heavy atom. The monoisotopic (exact) mass is 624 g/mol. The number of thiazole rings is 1. The molecule has 1 aliphatic heterocycles. The fraction of sp³-hybridized carbons (Fsp3) is 0.724. The third kappa shape index (κ3) is 7.88. The number of sulfonamides is 1. The van der Waals surface area contributed by atoms with Gasteiger partial charge in [0.15, 0.2) is 13.4 Å². The molecule has 9 nitrogen and oxygen atoms in total. The lowest BCUT2D eigenvalue weighted by Crippen LogP contribution is -2.46. The summed E-state index contributed by atoms with van der Waals surface area (Å²) in [4.78, 5) is 10.1. The van der Waals surface area contributed by atoms with Crippen LogP contribution in [0.2, 0.25) is 18.1 Å². The van der Waals surface area contributed by atoms with E-state index in [1.807, 2.05) is 6.92 Å². The molecule has 230 valence electrons. The van der Waals surface area contributed by atoms with Gasteiger partial charge >= 0.3 is 0 Å². The number of methoxy groups -OCH3 is 1. The lowest BCUT2D eigenvalue weighted by atomic mass is 9.93. The van der Waals surface area contributed by atoms with E-state index in [4.69, 9.17) is 18.9 Å². The lowest BCUT2D eigenvalue weighted by Gasteiger charge is -2.41. The third-order valence-corrected chi connectivity index (χ3v) is 16.1. The van der Waals surface area contributed by atoms with Crippen molar-refractivity contribution in [2.24, 2.45) is 5.92 Å². The van der Waals surface area contributed by atoms with Crippen molar-refractivity contribution < 1.29 is 22.3 Å². The standard InChI is InChI=1S/C29H48N4O5S2Si/c1-19(21-13-15-37-16-14-21)31-28-32-20(2)26(39-28)22-17-25(27(36-6)30-18-22)40(34,35)33-23-9-11-24(12-10-23)38-41(7,8)29(3,4)5/h17-19,21,23-24,33H,9-16H2,1-8H3,(H,31,32). The van der Waals surface area contributed by atoms with Crippen LogP contribution in [0.4, 0.5) is 5.13 Å². The lowest BCUT2D eigenvalue weighted by molar-refractivity contribution is 0.0622. The zero-order valence-electron chi connectivity index (χ0n) is 25.9. The van der Waals surface area contributed by atoms with Gasteiger partial charge in [0, 0.05) is 43.2 Å². The van der Waals surface area contributed by atoms with Crippen molar-refractivity contribution in [3.63, 3.8) is 0 Å². The molecule has 1 aliphatic carbocycles. The van der Waals surface area contributed by atoms with Crippen LogP contribution in [-0.2, 0) is 19.2 Å². The Bertz CT molecular complexity index is 1280. The van der Waals surface area contributed by atoms with Crippen molar-refractivity contribution in [1.29, 1.82) is 0 Å². The van der Waals surface area contributed by atoms with Gasteiger partial charge in [0.25, 0.3) is 0 Å². The first kappa shape index (κ1) is 32.3. The largest absolute Gasteiger partial charge is 0.480 e. The molecule has 0 radical (unpaired) electrons. The number of rotatable bonds is 10. The Balaban J connectivity index is 1.45. The normalized spacial score (nSPS) is 22.0. The number of ether oxygens (including phenoxy) is 2. The molecule has 2 aromatic heterocycles. The van der Waals surface area contributed by atoms with E-state index in [0.29, 0.717) is 11.5 Å². The van der Waals surface area contributed by atoms with Crippen LogP contribution in [0.5, 0.6) is 5.88 Å². The molecule has 4 rings (SSSR count). The molecule has 12 heteroatoms. The minimum Gasteiger partial charge on any atom is -0.480 e. The zero-order chi connectivity index (χ0) is 30.0. The predicted octanol–water partition coefficient (Wildman–Crippen LogP) is 6.36. The molecule has 1 saturated heterocycles. The molecule has 2 aromatic rings. The zero-order valence-corrected chi connectivity index (χ0v) is 28.5. The molecule has 0 bridgehead atoms. The highest BCUT2D eigenvalue weighted by atomic mass is 32.2. The van der Waals surface area contributed by atoms with Gasteiger partial charge in [-0.15, -0.1) is 0 Å². The highest BCUT2D eigenvalue weighted by Gasteiger charge is 2.40. The molecular formula is C29H48N4O5S2Si. The molecular weight excluding hydrogens is 577 g/mol. The Morgan fingerprint density at radius 3 is 2.39 bits per heavy atom. The van der Waals surface area contributed by atoms with Gasteiger partial charge in [-0.3, -0.25) is 0 Å². The SMILES string of the molecule is COc1ncc(-c2sc(NC(C)C3CCOCC3)nc2C)cc1S(=O)(=O)NC1CCC(O[Si](C)(C)C(C)(C)C)CC1. The van der Waals surface area contributed by atoms with Crippen LogP contribution in [0.15, 0.2) is 17.2 Å². The van der Waals surface area contributed by atoms with Crippen LogP contribution >= 0.6 is 11.3 Å². The van der Waals surface area contributed by atoms with Crippen LogP contribution < -0.4 is 14.8 Å². The fourth-order valence-corrected chi connectivity index (χ4v) is 9.25. The minimum atomic E-state index is -3.86. The second kappa shape index (κ2) is 13.0. The molecule has 1 atom stereocenters. The second-order valence-electron chi connectivity index (χ2n) is 13.0. The quantitative estimate of drug-likeness (QED) is 0.294. The van der Waals surface area contributed by atoms with E-state index in [1.165, 1.54) is 18.4 Å². The van der Waals surface area contributed by atoms with Crippen LogP contribution in [0.25, 0.3) is 10.4 Å². The Labute approximate surface area is 251 Å². The second-order valence-corrected chi connectivity index (χ2v) is 20.5. The van der Waals surface area contributed by atoms with Gasteiger partial charge < -0.3 is 19.2 Å². The van der Waals surface area contributed by atoms with Gasteiger partial charge in [0.1, 0.15) is 4.90 Å². The number of anilines is 1. The number of pyridine rings is 1. The topological polar surface area (TPSA) is 112 Å². The molecule has 1 saturated carbocycles. The summed E-state index contributed by atoms with van der Waals surface area (Å²) in [5, 5.41) is 4.53. The van der Waals surface area contributed by atoms with Crippen LogP contribution in [0.3, 0.4) is 0 Å². The van der Waals surface area contributed by atoms with E-state index in [-0.39, 0.29) is 34.0 Å². The van der Waals surface area contributed by atoms with Crippen molar-refractivity contribution in [2.75, 3.05) is 25.6 Å². The van der Waals surface area contributed by atoms with E-state index >= 15 is 0 Å². The van der Waals surface area contributed by atoms with Crippen molar-refractivity contribution >= 4 is 34.8 Å². The van der Waals surface area contributed by atoms with Crippen molar-refractivity contribution in [3.05, 3.63) is 18.0 Å². The molecule has 0 amide bonds. The maximum absolute atomic E-state index is 13.6. The van der Waals surface area contributed by atoms with Crippen molar-refractivity contribution in [1.82, 2.24) is 14.7 Å². The first-order chi connectivity index (χ1) is 19.2. The van der Waals surface area contributed by atoms with Gasteiger partial charge in [-0.2, -0.15) is 0 Å². The van der Waals surface area contributed by atoms with Crippen molar-refractivity contribution in [2.45, 2.75) is 114 Å². The first-order valence-corrected chi connectivity index (χ1v) is 20.0. The van der Waals surface area contributed by atoms with Crippen LogP contribution in [0.1, 0.15) is 71.9 Å². The van der Waals surface area contributed by atoms with E-state index < -0.39 is 18.3 Å². The number of nitrogens with one attached hydrogen (secondary N) is 2. The highest BCUT2D eigenvalue weighted by Crippen LogP contribution is 2.40. The number of nitrogens with zero attached hydrogens (tertiary/aromatic N) is 2. The summed E-state index contributed by atoms with van der Waals surface area (Å²) in [6, 6.07) is 1.78. The summed E-state index contributed by atoms with van der Waals surface area (Å²) >= 11 is 1.52. The summed E-state index contributed by atoms with van der Waals surface area (Å²) in [5.74, 6) is 0.625. The smallest absolute Gasteiger partial charge is 0.246 e. The van der Waals surface area contributed by atoms with Gasteiger partial charge in [-0.05, 0) is 82.5 Å². The molecule has 2 N–H and O–H groups in total. The number of hydrogen-bond acceptors (Lipinski definition) is 9. The Hall–Kier alpha value is -1.57. The number of hydrogen-bond donors (Lipinski definition) is 2. The maximum Gasteiger partial charge on any atom is 0.246 e. The molecule has 0 spiro atoms. The average molecular weight is 625 g/mol. The Kier molecular flexibility index (Phi) is 10.2.